The van der Waals surface area contributed by atoms with Crippen molar-refractivity contribution in [1.82, 2.24) is 4.98 Å². The average Bonchev–Trinajstić information content (AvgIpc) is 1.94. The number of carboxylic acid groups (broad SMARTS) is 1. The Morgan fingerprint density at radius 2 is 2.27 bits per heavy atom. The Bertz CT molecular complexity index is 301. The molecule has 0 fully saturated rings. The van der Waals surface area contributed by atoms with Crippen LogP contribution in [0.4, 0.5) is 10.1 Å². The van der Waals surface area contributed by atoms with Gasteiger partial charge in [0, 0.05) is 6.20 Å². The molecule has 0 aliphatic heterocycles. The van der Waals surface area contributed by atoms with Crippen LogP contribution in [0.15, 0.2) is 12.4 Å². The van der Waals surface area contributed by atoms with Crippen LogP contribution in [0.2, 0.25) is 0 Å². The van der Waals surface area contributed by atoms with Crippen LogP contribution in [0.1, 0.15) is 10.4 Å². The normalized spacial score (nSPS) is 9.55. The van der Waals surface area contributed by atoms with Gasteiger partial charge in [0.1, 0.15) is 5.56 Å². The van der Waals surface area contributed by atoms with E-state index in [1.807, 2.05) is 0 Å². The number of hydrogen-bond donors (Lipinski definition) is 2. The van der Waals surface area contributed by atoms with E-state index >= 15 is 0 Å². The van der Waals surface area contributed by atoms with E-state index in [1.165, 1.54) is 0 Å². The molecule has 0 radical (unpaired) electrons. The summed E-state index contributed by atoms with van der Waals surface area (Å²) in [6, 6.07) is 0. The second-order valence-corrected chi connectivity index (χ2v) is 1.89. The Labute approximate surface area is 61.5 Å². The maximum Gasteiger partial charge on any atom is 0.339 e. The van der Waals surface area contributed by atoms with E-state index in [0.717, 1.165) is 12.4 Å². The summed E-state index contributed by atoms with van der Waals surface area (Å²) in [5.74, 6) is -2.10. The second kappa shape index (κ2) is 2.53. The molecule has 0 atom stereocenters. The highest BCUT2D eigenvalue weighted by Crippen LogP contribution is 2.13. The topological polar surface area (TPSA) is 76.2 Å². The first-order valence-corrected chi connectivity index (χ1v) is 2.75. The number of pyridine rings is 1. The summed E-state index contributed by atoms with van der Waals surface area (Å²) in [7, 11) is 0. The molecule has 5 heteroatoms. The number of halogens is 1. The summed E-state index contributed by atoms with van der Waals surface area (Å²) in [5.41, 5.74) is 4.39. The highest BCUT2D eigenvalue weighted by atomic mass is 19.1. The lowest BCUT2D eigenvalue weighted by molar-refractivity contribution is 0.0697. The van der Waals surface area contributed by atoms with Gasteiger partial charge in [-0.15, -0.1) is 0 Å². The molecule has 4 nitrogen and oxygen atoms in total. The van der Waals surface area contributed by atoms with Crippen molar-refractivity contribution in [2.75, 3.05) is 5.73 Å². The second-order valence-electron chi connectivity index (χ2n) is 1.89. The van der Waals surface area contributed by atoms with Gasteiger partial charge >= 0.3 is 5.97 Å². The molecular formula is C6H5FN2O2. The molecule has 58 valence electrons. The van der Waals surface area contributed by atoms with Crippen LogP contribution in [-0.2, 0) is 0 Å². The van der Waals surface area contributed by atoms with E-state index in [9.17, 15) is 9.18 Å². The van der Waals surface area contributed by atoms with Crippen LogP contribution >= 0.6 is 0 Å². The van der Waals surface area contributed by atoms with E-state index in [0.29, 0.717) is 0 Å². The molecule has 0 saturated carbocycles. The Morgan fingerprint density at radius 1 is 1.64 bits per heavy atom. The third-order valence-electron chi connectivity index (χ3n) is 1.17. The zero-order chi connectivity index (χ0) is 8.43. The van der Waals surface area contributed by atoms with Gasteiger partial charge in [-0.05, 0) is 0 Å². The number of nitrogen functional groups attached to an aromatic ring is 1. The summed E-state index contributed by atoms with van der Waals surface area (Å²) in [5, 5.41) is 8.40. The van der Waals surface area contributed by atoms with Crippen molar-refractivity contribution in [2.45, 2.75) is 0 Å². The lowest BCUT2D eigenvalue weighted by Gasteiger charge is -1.98. The first-order chi connectivity index (χ1) is 5.13. The molecule has 1 aromatic heterocycles. The third-order valence-corrected chi connectivity index (χ3v) is 1.17. The Hall–Kier alpha value is -1.65. The van der Waals surface area contributed by atoms with Crippen LogP contribution in [-0.4, -0.2) is 16.1 Å². The average molecular weight is 156 g/mol. The number of anilines is 1. The molecule has 0 bridgehead atoms. The molecule has 0 unspecified atom stereocenters. The maximum absolute atomic E-state index is 12.5. The molecule has 1 aromatic rings. The summed E-state index contributed by atoms with van der Waals surface area (Å²) in [6.07, 6.45) is 1.86. The van der Waals surface area contributed by atoms with Gasteiger partial charge in [0.25, 0.3) is 0 Å². The smallest absolute Gasteiger partial charge is 0.339 e. The number of carboxylic acids is 1. The number of carbonyl (C=O) groups is 1. The zero-order valence-corrected chi connectivity index (χ0v) is 5.41. The van der Waals surface area contributed by atoms with Crippen molar-refractivity contribution in [3.8, 4) is 0 Å². The highest BCUT2D eigenvalue weighted by Gasteiger charge is 2.10. The van der Waals surface area contributed by atoms with E-state index in [2.05, 4.69) is 4.98 Å². The minimum Gasteiger partial charge on any atom is -0.478 e. The SMILES string of the molecule is Nc1c(F)cncc1C(=O)O. The first-order valence-electron chi connectivity index (χ1n) is 2.75. The van der Waals surface area contributed by atoms with Crippen molar-refractivity contribution in [3.05, 3.63) is 23.8 Å². The molecule has 0 amide bonds. The number of nitrogens with two attached hydrogens (primary N) is 1. The van der Waals surface area contributed by atoms with Gasteiger partial charge in [-0.2, -0.15) is 0 Å². The predicted octanol–water partition coefficient (Wildman–Crippen LogP) is 0.501. The fourth-order valence-corrected chi connectivity index (χ4v) is 0.615. The molecule has 11 heavy (non-hydrogen) atoms. The van der Waals surface area contributed by atoms with Gasteiger partial charge in [-0.25, -0.2) is 9.18 Å². The molecule has 0 aliphatic rings. The Morgan fingerprint density at radius 3 is 2.73 bits per heavy atom. The standard InChI is InChI=1S/C6H5FN2O2/c7-4-2-9-1-3(5(4)8)6(10)11/h1-2H,(H2,8,9)(H,10,11). The van der Waals surface area contributed by atoms with Gasteiger partial charge in [-0.3, -0.25) is 4.98 Å². The maximum atomic E-state index is 12.5. The van der Waals surface area contributed by atoms with E-state index in [1.54, 1.807) is 0 Å². The molecule has 0 aliphatic carbocycles. The molecule has 3 N–H and O–H groups in total. The van der Waals surface area contributed by atoms with Gasteiger partial charge in [-0.1, -0.05) is 0 Å². The van der Waals surface area contributed by atoms with Gasteiger partial charge < -0.3 is 10.8 Å². The van der Waals surface area contributed by atoms with Crippen molar-refractivity contribution in [1.29, 1.82) is 0 Å². The van der Waals surface area contributed by atoms with Gasteiger partial charge in [0.2, 0.25) is 0 Å². The Kier molecular flexibility index (Phi) is 1.72. The minimum absolute atomic E-state index is 0.315. The van der Waals surface area contributed by atoms with Crippen molar-refractivity contribution < 1.29 is 14.3 Å². The van der Waals surface area contributed by atoms with Crippen LogP contribution in [0.3, 0.4) is 0 Å². The number of aromatic carboxylic acids is 1. The summed E-state index contributed by atoms with van der Waals surface area (Å²) >= 11 is 0. The first kappa shape index (κ1) is 7.46. The molecular weight excluding hydrogens is 151 g/mol. The quantitative estimate of drug-likeness (QED) is 0.620. The number of hydrogen-bond acceptors (Lipinski definition) is 3. The molecule has 0 saturated heterocycles. The number of rotatable bonds is 1. The molecule has 0 aromatic carbocycles. The predicted molar refractivity (Wildman–Crippen MR) is 35.6 cm³/mol. The minimum atomic E-state index is -1.28. The molecule has 1 rings (SSSR count). The zero-order valence-electron chi connectivity index (χ0n) is 5.41. The largest absolute Gasteiger partial charge is 0.478 e. The lowest BCUT2D eigenvalue weighted by atomic mass is 10.2. The van der Waals surface area contributed by atoms with E-state index in [4.69, 9.17) is 10.8 Å². The van der Waals surface area contributed by atoms with Gasteiger partial charge in [0.05, 0.1) is 11.9 Å². The Balaban J connectivity index is 3.27. The van der Waals surface area contributed by atoms with E-state index in [-0.39, 0.29) is 11.3 Å². The van der Waals surface area contributed by atoms with Crippen molar-refractivity contribution in [3.63, 3.8) is 0 Å². The van der Waals surface area contributed by atoms with Crippen LogP contribution in [0, 0.1) is 5.82 Å². The summed E-state index contributed by atoms with van der Waals surface area (Å²) in [4.78, 5) is 13.6. The number of aromatic nitrogens is 1. The monoisotopic (exact) mass is 156 g/mol. The number of nitrogens with zero attached hydrogens (tertiary/aromatic N) is 1. The fourth-order valence-electron chi connectivity index (χ4n) is 0.615. The fraction of sp³-hybridized carbons (Fsp3) is 0. The third kappa shape index (κ3) is 1.26. The van der Waals surface area contributed by atoms with Crippen molar-refractivity contribution in [2.24, 2.45) is 0 Å². The highest BCUT2D eigenvalue weighted by molar-refractivity contribution is 5.93. The summed E-state index contributed by atoms with van der Waals surface area (Å²) in [6.45, 7) is 0. The van der Waals surface area contributed by atoms with Crippen molar-refractivity contribution >= 4 is 11.7 Å². The molecule has 1 heterocycles. The van der Waals surface area contributed by atoms with Gasteiger partial charge in [0.15, 0.2) is 5.82 Å². The lowest BCUT2D eigenvalue weighted by Crippen LogP contribution is -2.05. The van der Waals surface area contributed by atoms with Crippen LogP contribution < -0.4 is 5.73 Å². The van der Waals surface area contributed by atoms with Crippen LogP contribution in [0.5, 0.6) is 0 Å². The van der Waals surface area contributed by atoms with Crippen LogP contribution in [0.25, 0.3) is 0 Å². The summed E-state index contributed by atoms with van der Waals surface area (Å²) < 4.78 is 12.5. The molecule has 0 spiro atoms. The van der Waals surface area contributed by atoms with E-state index < -0.39 is 11.8 Å².